The smallest absolute Gasteiger partial charge is 0.0598 e. The van der Waals surface area contributed by atoms with Gasteiger partial charge in [0.05, 0.1) is 5.60 Å². The number of rotatable bonds is 6. The third-order valence-corrected chi connectivity index (χ3v) is 2.12. The lowest BCUT2D eigenvalue weighted by molar-refractivity contribution is -0.00452. The molecule has 78 valence electrons. The van der Waals surface area contributed by atoms with Crippen LogP contribution in [0.25, 0.3) is 0 Å². The van der Waals surface area contributed by atoms with Crippen molar-refractivity contribution >= 4 is 0 Å². The first-order chi connectivity index (χ1) is 6.08. The largest absolute Gasteiger partial charge is 0.376 e. The predicted molar refractivity (Wildman–Crippen MR) is 56.0 cm³/mol. The van der Waals surface area contributed by atoms with E-state index in [1.807, 2.05) is 0 Å². The van der Waals surface area contributed by atoms with Crippen molar-refractivity contribution in [2.45, 2.75) is 58.1 Å². The standard InChI is InChI=1S/C11H23NO/c1-11(2,3)13-9-5-4-8-12-10-6-7-10/h10,12H,4-9H2,1-3H3. The molecule has 13 heavy (non-hydrogen) atoms. The number of hydrogen-bond donors (Lipinski definition) is 1. The van der Waals surface area contributed by atoms with Gasteiger partial charge in [0.2, 0.25) is 0 Å². The monoisotopic (exact) mass is 185 g/mol. The van der Waals surface area contributed by atoms with E-state index in [1.165, 1.54) is 25.7 Å². The molecule has 0 radical (unpaired) electrons. The molecular weight excluding hydrogens is 162 g/mol. The predicted octanol–water partition coefficient (Wildman–Crippen LogP) is 2.33. The van der Waals surface area contributed by atoms with Crippen LogP contribution in [0.15, 0.2) is 0 Å². The van der Waals surface area contributed by atoms with E-state index in [0.717, 1.165) is 19.2 Å². The second-order valence-electron chi connectivity index (χ2n) is 4.90. The Balaban J connectivity index is 1.78. The summed E-state index contributed by atoms with van der Waals surface area (Å²) in [7, 11) is 0. The van der Waals surface area contributed by atoms with Crippen LogP contribution in [0.2, 0.25) is 0 Å². The zero-order valence-electron chi connectivity index (χ0n) is 9.23. The fourth-order valence-electron chi connectivity index (χ4n) is 1.20. The van der Waals surface area contributed by atoms with Gasteiger partial charge in [-0.15, -0.1) is 0 Å². The number of nitrogens with one attached hydrogen (secondary N) is 1. The third-order valence-electron chi connectivity index (χ3n) is 2.12. The zero-order chi connectivity index (χ0) is 9.73. The van der Waals surface area contributed by atoms with Crippen molar-refractivity contribution in [3.05, 3.63) is 0 Å². The molecule has 2 heteroatoms. The average molecular weight is 185 g/mol. The molecule has 0 aromatic heterocycles. The first kappa shape index (κ1) is 11.0. The quantitative estimate of drug-likeness (QED) is 0.641. The number of hydrogen-bond acceptors (Lipinski definition) is 2. The summed E-state index contributed by atoms with van der Waals surface area (Å²) in [6, 6.07) is 0.850. The van der Waals surface area contributed by atoms with E-state index in [2.05, 4.69) is 26.1 Å². The summed E-state index contributed by atoms with van der Waals surface area (Å²) >= 11 is 0. The van der Waals surface area contributed by atoms with Crippen LogP contribution >= 0.6 is 0 Å². The molecule has 0 spiro atoms. The Hall–Kier alpha value is -0.0800. The Morgan fingerprint density at radius 3 is 2.46 bits per heavy atom. The Morgan fingerprint density at radius 2 is 1.92 bits per heavy atom. The molecule has 0 bridgehead atoms. The number of ether oxygens (including phenoxy) is 1. The molecule has 0 aliphatic heterocycles. The second-order valence-corrected chi connectivity index (χ2v) is 4.90. The maximum Gasteiger partial charge on any atom is 0.0598 e. The van der Waals surface area contributed by atoms with Gasteiger partial charge in [0, 0.05) is 12.6 Å². The van der Waals surface area contributed by atoms with Crippen molar-refractivity contribution in [1.29, 1.82) is 0 Å². The van der Waals surface area contributed by atoms with Gasteiger partial charge in [0.25, 0.3) is 0 Å². The van der Waals surface area contributed by atoms with Crippen molar-refractivity contribution in [3.63, 3.8) is 0 Å². The van der Waals surface area contributed by atoms with Crippen LogP contribution in [-0.4, -0.2) is 24.8 Å². The highest BCUT2D eigenvalue weighted by Crippen LogP contribution is 2.18. The van der Waals surface area contributed by atoms with Gasteiger partial charge in [-0.1, -0.05) is 0 Å². The lowest BCUT2D eigenvalue weighted by Crippen LogP contribution is -2.21. The van der Waals surface area contributed by atoms with Crippen LogP contribution in [0.4, 0.5) is 0 Å². The number of unbranched alkanes of at least 4 members (excludes halogenated alkanes) is 1. The van der Waals surface area contributed by atoms with Gasteiger partial charge in [-0.3, -0.25) is 0 Å². The lowest BCUT2D eigenvalue weighted by Gasteiger charge is -2.19. The molecule has 0 aromatic carbocycles. The van der Waals surface area contributed by atoms with Gasteiger partial charge in [-0.2, -0.15) is 0 Å². The Labute approximate surface area is 82.0 Å². The van der Waals surface area contributed by atoms with E-state index >= 15 is 0 Å². The molecule has 1 aliphatic rings. The van der Waals surface area contributed by atoms with Gasteiger partial charge in [-0.25, -0.2) is 0 Å². The minimum Gasteiger partial charge on any atom is -0.376 e. The third kappa shape index (κ3) is 7.03. The van der Waals surface area contributed by atoms with E-state index in [4.69, 9.17) is 4.74 Å². The van der Waals surface area contributed by atoms with Crippen LogP contribution < -0.4 is 5.32 Å². The van der Waals surface area contributed by atoms with Gasteiger partial charge < -0.3 is 10.1 Å². The first-order valence-corrected chi connectivity index (χ1v) is 5.45. The maximum absolute atomic E-state index is 5.62. The van der Waals surface area contributed by atoms with Crippen LogP contribution in [-0.2, 0) is 4.74 Å². The van der Waals surface area contributed by atoms with Gasteiger partial charge in [-0.05, 0) is 53.0 Å². The van der Waals surface area contributed by atoms with E-state index in [1.54, 1.807) is 0 Å². The van der Waals surface area contributed by atoms with Gasteiger partial charge in [0.15, 0.2) is 0 Å². The molecule has 0 heterocycles. The minimum atomic E-state index is 0.0317. The van der Waals surface area contributed by atoms with Crippen molar-refractivity contribution in [2.24, 2.45) is 0 Å². The topological polar surface area (TPSA) is 21.3 Å². The van der Waals surface area contributed by atoms with Gasteiger partial charge >= 0.3 is 0 Å². The molecule has 1 saturated carbocycles. The molecule has 1 fully saturated rings. The minimum absolute atomic E-state index is 0.0317. The second kappa shape index (κ2) is 4.97. The summed E-state index contributed by atoms with van der Waals surface area (Å²) in [6.45, 7) is 8.38. The molecule has 1 N–H and O–H groups in total. The fourth-order valence-corrected chi connectivity index (χ4v) is 1.20. The normalized spacial score (nSPS) is 17.8. The van der Waals surface area contributed by atoms with E-state index in [0.29, 0.717) is 0 Å². The molecule has 0 saturated heterocycles. The van der Waals surface area contributed by atoms with Crippen molar-refractivity contribution in [1.82, 2.24) is 5.32 Å². The molecular formula is C11H23NO. The summed E-state index contributed by atoms with van der Waals surface area (Å²) in [6.07, 6.45) is 5.19. The summed E-state index contributed by atoms with van der Waals surface area (Å²) in [4.78, 5) is 0. The molecule has 0 amide bonds. The Bertz CT molecular complexity index is 136. The van der Waals surface area contributed by atoms with E-state index < -0.39 is 0 Å². The van der Waals surface area contributed by atoms with E-state index in [-0.39, 0.29) is 5.60 Å². The maximum atomic E-state index is 5.62. The van der Waals surface area contributed by atoms with Crippen molar-refractivity contribution in [3.8, 4) is 0 Å². The summed E-state index contributed by atoms with van der Waals surface area (Å²) < 4.78 is 5.62. The fraction of sp³-hybridized carbons (Fsp3) is 1.00. The van der Waals surface area contributed by atoms with Crippen molar-refractivity contribution < 1.29 is 4.74 Å². The van der Waals surface area contributed by atoms with Gasteiger partial charge in [0.1, 0.15) is 0 Å². The SMILES string of the molecule is CC(C)(C)OCCCCNC1CC1. The molecule has 0 unspecified atom stereocenters. The first-order valence-electron chi connectivity index (χ1n) is 5.45. The Morgan fingerprint density at radius 1 is 1.23 bits per heavy atom. The van der Waals surface area contributed by atoms with Crippen LogP contribution in [0.5, 0.6) is 0 Å². The highest BCUT2D eigenvalue weighted by Gasteiger charge is 2.19. The van der Waals surface area contributed by atoms with Crippen molar-refractivity contribution in [2.75, 3.05) is 13.2 Å². The van der Waals surface area contributed by atoms with Crippen LogP contribution in [0.1, 0.15) is 46.5 Å². The van der Waals surface area contributed by atoms with Crippen LogP contribution in [0, 0.1) is 0 Å². The average Bonchev–Trinajstić information content (AvgIpc) is 2.77. The molecule has 1 rings (SSSR count). The zero-order valence-corrected chi connectivity index (χ0v) is 9.23. The lowest BCUT2D eigenvalue weighted by atomic mass is 10.2. The summed E-state index contributed by atoms with van der Waals surface area (Å²) in [5, 5.41) is 3.50. The van der Waals surface area contributed by atoms with Crippen LogP contribution in [0.3, 0.4) is 0 Å². The molecule has 1 aliphatic carbocycles. The van der Waals surface area contributed by atoms with E-state index in [9.17, 15) is 0 Å². The Kier molecular flexibility index (Phi) is 4.20. The molecule has 2 nitrogen and oxygen atoms in total. The highest BCUT2D eigenvalue weighted by molar-refractivity contribution is 4.80. The highest BCUT2D eigenvalue weighted by atomic mass is 16.5. The molecule has 0 atom stereocenters. The summed E-state index contributed by atoms with van der Waals surface area (Å²) in [5.41, 5.74) is 0.0317. The summed E-state index contributed by atoms with van der Waals surface area (Å²) in [5.74, 6) is 0. The molecule has 0 aromatic rings.